The first-order chi connectivity index (χ1) is 11.9. The van der Waals surface area contributed by atoms with Crippen LogP contribution in [0.4, 0.5) is 0 Å². The molecule has 122 valence electrons. The second-order valence-corrected chi connectivity index (χ2v) is 6.88. The van der Waals surface area contributed by atoms with Crippen LogP contribution in [0.3, 0.4) is 0 Å². The maximum atomic E-state index is 4.82. The Labute approximate surface area is 144 Å². The minimum Gasteiger partial charge on any atom is -0.348 e. The molecule has 0 unspecified atom stereocenters. The Morgan fingerprint density at radius 1 is 0.792 bits per heavy atom. The summed E-state index contributed by atoms with van der Waals surface area (Å²) in [6.07, 6.45) is 10.1. The Morgan fingerprint density at radius 3 is 2.21 bits per heavy atom. The number of nitrogens with one attached hydrogen (secondary N) is 1. The first kappa shape index (κ1) is 15.2. The van der Waals surface area contributed by atoms with E-state index in [1.54, 1.807) is 0 Å². The molecular weight excluding hydrogens is 292 g/mol. The van der Waals surface area contributed by atoms with Crippen molar-refractivity contribution in [1.29, 1.82) is 0 Å². The molecule has 1 N–H and O–H groups in total. The maximum absolute atomic E-state index is 4.82. The van der Waals surface area contributed by atoms with Gasteiger partial charge in [0.25, 0.3) is 0 Å². The van der Waals surface area contributed by atoms with E-state index in [9.17, 15) is 0 Å². The summed E-state index contributed by atoms with van der Waals surface area (Å²) >= 11 is 0. The fraction of sp³-hybridized carbons (Fsp3) is 0.318. The number of hydrogen-bond acceptors (Lipinski definition) is 1. The predicted molar refractivity (Wildman–Crippen MR) is 99.7 cm³/mol. The Bertz CT molecular complexity index is 765. The van der Waals surface area contributed by atoms with E-state index in [0.29, 0.717) is 0 Å². The van der Waals surface area contributed by atoms with Crippen LogP contribution in [0.2, 0.25) is 0 Å². The van der Waals surface area contributed by atoms with Gasteiger partial charge in [-0.05, 0) is 17.0 Å². The highest BCUT2D eigenvalue weighted by Gasteiger charge is 2.15. The van der Waals surface area contributed by atoms with Crippen molar-refractivity contribution in [3.8, 4) is 22.4 Å². The highest BCUT2D eigenvalue weighted by molar-refractivity contribution is 5.68. The number of nitrogens with zero attached hydrogens (tertiary/aromatic N) is 1. The van der Waals surface area contributed by atoms with Gasteiger partial charge in [-0.1, -0.05) is 86.7 Å². The molecule has 1 saturated carbocycles. The van der Waals surface area contributed by atoms with E-state index in [2.05, 4.69) is 65.8 Å². The average molecular weight is 316 g/mol. The zero-order valence-corrected chi connectivity index (χ0v) is 14.0. The van der Waals surface area contributed by atoms with E-state index in [0.717, 1.165) is 23.9 Å². The largest absolute Gasteiger partial charge is 0.348 e. The van der Waals surface area contributed by atoms with Crippen molar-refractivity contribution in [3.05, 3.63) is 66.6 Å². The lowest BCUT2D eigenvalue weighted by atomic mass is 9.87. The molecule has 2 nitrogen and oxygen atoms in total. The fourth-order valence-electron chi connectivity index (χ4n) is 3.74. The van der Waals surface area contributed by atoms with Gasteiger partial charge in [0, 0.05) is 18.2 Å². The SMILES string of the molecule is c1ccc(-c2ccc(-c3c[nH]c(CC4CCCCC4)n3)cc2)cc1. The third-order valence-electron chi connectivity index (χ3n) is 5.13. The molecule has 0 spiro atoms. The lowest BCUT2D eigenvalue weighted by Crippen LogP contribution is -2.10. The van der Waals surface area contributed by atoms with Crippen LogP contribution < -0.4 is 0 Å². The van der Waals surface area contributed by atoms with E-state index in [4.69, 9.17) is 4.98 Å². The van der Waals surface area contributed by atoms with Crippen LogP contribution in [0.15, 0.2) is 60.8 Å². The van der Waals surface area contributed by atoms with E-state index >= 15 is 0 Å². The quantitative estimate of drug-likeness (QED) is 0.641. The summed E-state index contributed by atoms with van der Waals surface area (Å²) in [5.41, 5.74) is 4.74. The van der Waals surface area contributed by atoms with Crippen LogP contribution >= 0.6 is 0 Å². The highest BCUT2D eigenvalue weighted by Crippen LogP contribution is 2.27. The number of aromatic amines is 1. The molecule has 1 aliphatic rings. The molecule has 0 aliphatic heterocycles. The lowest BCUT2D eigenvalue weighted by Gasteiger charge is -2.20. The molecule has 1 aliphatic carbocycles. The van der Waals surface area contributed by atoms with Gasteiger partial charge in [0.2, 0.25) is 0 Å². The molecule has 0 saturated heterocycles. The zero-order chi connectivity index (χ0) is 16.2. The Morgan fingerprint density at radius 2 is 1.46 bits per heavy atom. The molecule has 24 heavy (non-hydrogen) atoms. The van der Waals surface area contributed by atoms with Gasteiger partial charge < -0.3 is 4.98 Å². The van der Waals surface area contributed by atoms with Crippen molar-refractivity contribution in [2.45, 2.75) is 38.5 Å². The van der Waals surface area contributed by atoms with Crippen LogP contribution in [0.25, 0.3) is 22.4 Å². The van der Waals surface area contributed by atoms with Gasteiger partial charge in [-0.25, -0.2) is 4.98 Å². The number of hydrogen-bond donors (Lipinski definition) is 1. The molecule has 1 fully saturated rings. The molecule has 0 atom stereocenters. The molecule has 2 aromatic carbocycles. The second-order valence-electron chi connectivity index (χ2n) is 6.88. The van der Waals surface area contributed by atoms with Crippen molar-refractivity contribution < 1.29 is 0 Å². The van der Waals surface area contributed by atoms with Crippen molar-refractivity contribution in [3.63, 3.8) is 0 Å². The third-order valence-corrected chi connectivity index (χ3v) is 5.13. The van der Waals surface area contributed by atoms with Gasteiger partial charge in [-0.3, -0.25) is 0 Å². The first-order valence-electron chi connectivity index (χ1n) is 9.08. The summed E-state index contributed by atoms with van der Waals surface area (Å²) in [6, 6.07) is 19.2. The molecule has 1 heterocycles. The first-order valence-corrected chi connectivity index (χ1v) is 9.08. The van der Waals surface area contributed by atoms with Gasteiger partial charge in [0.15, 0.2) is 0 Å². The number of H-pyrrole nitrogens is 1. The molecule has 4 rings (SSSR count). The fourth-order valence-corrected chi connectivity index (χ4v) is 3.74. The van der Waals surface area contributed by atoms with Crippen LogP contribution in [-0.2, 0) is 6.42 Å². The Kier molecular flexibility index (Phi) is 4.46. The van der Waals surface area contributed by atoms with Crippen molar-refractivity contribution in [2.75, 3.05) is 0 Å². The summed E-state index contributed by atoms with van der Waals surface area (Å²) in [7, 11) is 0. The summed E-state index contributed by atoms with van der Waals surface area (Å²) < 4.78 is 0. The van der Waals surface area contributed by atoms with Crippen LogP contribution in [0.1, 0.15) is 37.9 Å². The molecule has 0 amide bonds. The summed E-state index contributed by atoms with van der Waals surface area (Å²) in [5, 5.41) is 0. The summed E-state index contributed by atoms with van der Waals surface area (Å²) in [5.74, 6) is 1.96. The number of imidazole rings is 1. The topological polar surface area (TPSA) is 28.7 Å². The molecule has 2 heteroatoms. The molecule has 1 aromatic heterocycles. The maximum Gasteiger partial charge on any atom is 0.107 e. The van der Waals surface area contributed by atoms with Gasteiger partial charge >= 0.3 is 0 Å². The number of aromatic nitrogens is 2. The monoisotopic (exact) mass is 316 g/mol. The highest BCUT2D eigenvalue weighted by atomic mass is 14.9. The third kappa shape index (κ3) is 3.43. The van der Waals surface area contributed by atoms with Gasteiger partial charge in [0.1, 0.15) is 5.82 Å². The average Bonchev–Trinajstić information content (AvgIpc) is 3.12. The second kappa shape index (κ2) is 7.04. The van der Waals surface area contributed by atoms with Crippen LogP contribution in [0, 0.1) is 5.92 Å². The van der Waals surface area contributed by atoms with Gasteiger partial charge in [0.05, 0.1) is 5.69 Å². The van der Waals surface area contributed by atoms with Crippen molar-refractivity contribution in [1.82, 2.24) is 9.97 Å². The molecular formula is C22H24N2. The molecule has 0 bridgehead atoms. The smallest absolute Gasteiger partial charge is 0.107 e. The van der Waals surface area contributed by atoms with E-state index in [1.807, 2.05) is 0 Å². The molecule has 3 aromatic rings. The van der Waals surface area contributed by atoms with Crippen molar-refractivity contribution in [2.24, 2.45) is 5.92 Å². The summed E-state index contributed by atoms with van der Waals surface area (Å²) in [6.45, 7) is 0. The lowest BCUT2D eigenvalue weighted by molar-refractivity contribution is 0.352. The normalized spacial score (nSPS) is 15.5. The Hall–Kier alpha value is -2.35. The number of benzene rings is 2. The predicted octanol–water partition coefficient (Wildman–Crippen LogP) is 5.87. The standard InChI is InChI=1S/C22H24N2/c1-3-7-17(8-4-1)15-22-23-16-21(24-22)20-13-11-19(12-14-20)18-9-5-2-6-10-18/h2,5-6,9-14,16-17H,1,3-4,7-8,15H2,(H,23,24). The summed E-state index contributed by atoms with van der Waals surface area (Å²) in [4.78, 5) is 8.21. The zero-order valence-electron chi connectivity index (χ0n) is 14.0. The van der Waals surface area contributed by atoms with Crippen LogP contribution in [0.5, 0.6) is 0 Å². The van der Waals surface area contributed by atoms with E-state index < -0.39 is 0 Å². The molecule has 0 radical (unpaired) electrons. The van der Waals surface area contributed by atoms with Gasteiger partial charge in [-0.15, -0.1) is 0 Å². The van der Waals surface area contributed by atoms with Gasteiger partial charge in [-0.2, -0.15) is 0 Å². The van der Waals surface area contributed by atoms with Crippen molar-refractivity contribution >= 4 is 0 Å². The Balaban J connectivity index is 1.48. The van der Waals surface area contributed by atoms with Crippen LogP contribution in [-0.4, -0.2) is 9.97 Å². The minimum absolute atomic E-state index is 0.818. The number of rotatable bonds is 4. The van der Waals surface area contributed by atoms with E-state index in [-0.39, 0.29) is 0 Å². The van der Waals surface area contributed by atoms with E-state index in [1.165, 1.54) is 48.8 Å². The minimum atomic E-state index is 0.818.